The van der Waals surface area contributed by atoms with E-state index in [0.29, 0.717) is 0 Å². The van der Waals surface area contributed by atoms with Crippen LogP contribution in [0.25, 0.3) is 0 Å². The summed E-state index contributed by atoms with van der Waals surface area (Å²) in [6, 6.07) is 0. The van der Waals surface area contributed by atoms with Crippen LogP contribution in [0.5, 0.6) is 0 Å². The lowest BCUT2D eigenvalue weighted by Gasteiger charge is -2.52. The van der Waals surface area contributed by atoms with E-state index < -0.39 is 59.9 Å². The molecular formula is C6H7F2O14P3-6. The van der Waals surface area contributed by atoms with Crippen molar-refractivity contribution in [2.45, 2.75) is 36.4 Å². The lowest BCUT2D eigenvalue weighted by atomic mass is 9.84. The molecular weight excluding hydrogens is 427 g/mol. The van der Waals surface area contributed by atoms with E-state index in [1.54, 1.807) is 0 Å². The molecule has 0 spiro atoms. The van der Waals surface area contributed by atoms with E-state index in [4.69, 9.17) is 0 Å². The van der Waals surface area contributed by atoms with Gasteiger partial charge >= 0.3 is 5.92 Å². The number of rotatable bonds is 6. The van der Waals surface area contributed by atoms with Gasteiger partial charge in [0.2, 0.25) is 0 Å². The van der Waals surface area contributed by atoms with Crippen LogP contribution in [0.2, 0.25) is 0 Å². The standard InChI is InChI=1S/C6H13F2O14P3/c7-6(8)4(10)3(21-24(14,15)16)2(20-23(11,12)13)1(9)5(6)22-25(17,18)19/h1-5,9-10H,(H2,11,12,13)(H2,14,15,16)(H2,17,18,19)/p-6. The maximum Gasteiger partial charge on any atom is 0.304 e. The molecule has 5 unspecified atom stereocenters. The van der Waals surface area contributed by atoms with Gasteiger partial charge in [0.25, 0.3) is 0 Å². The Hall–Kier alpha value is 0.110. The molecule has 0 aliphatic heterocycles. The smallest absolute Gasteiger partial charge is 0.304 e. The van der Waals surface area contributed by atoms with Gasteiger partial charge < -0.3 is 66.8 Å². The third-order valence-corrected chi connectivity index (χ3v) is 4.29. The number of aliphatic hydroxyl groups is 2. The Morgan fingerprint density at radius 2 is 1.12 bits per heavy atom. The molecule has 1 rings (SSSR count). The Kier molecular flexibility index (Phi) is 6.72. The van der Waals surface area contributed by atoms with Crippen LogP contribution >= 0.6 is 23.5 Å². The van der Waals surface area contributed by atoms with E-state index in [-0.39, 0.29) is 0 Å². The largest absolute Gasteiger partial charge is 0.790 e. The molecule has 0 saturated heterocycles. The summed E-state index contributed by atoms with van der Waals surface area (Å²) in [5.74, 6) is -4.96. The van der Waals surface area contributed by atoms with Gasteiger partial charge in [0, 0.05) is 0 Å². The number of alkyl halides is 2. The minimum Gasteiger partial charge on any atom is -0.790 e. The first-order chi connectivity index (χ1) is 10.9. The third kappa shape index (κ3) is 6.34. The number of phosphoric acid groups is 3. The number of halogens is 2. The van der Waals surface area contributed by atoms with Gasteiger partial charge in [0.15, 0.2) is 6.10 Å². The fourth-order valence-electron chi connectivity index (χ4n) is 1.97. The normalized spacial score (nSPS) is 34.1. The van der Waals surface area contributed by atoms with Crippen molar-refractivity contribution in [3.05, 3.63) is 0 Å². The van der Waals surface area contributed by atoms with E-state index in [9.17, 15) is 62.0 Å². The molecule has 2 N–H and O–H groups in total. The highest BCUT2D eigenvalue weighted by Gasteiger charge is 2.63. The van der Waals surface area contributed by atoms with Crippen molar-refractivity contribution in [2.75, 3.05) is 0 Å². The van der Waals surface area contributed by atoms with E-state index in [1.807, 2.05) is 0 Å². The van der Waals surface area contributed by atoms with Gasteiger partial charge in [0.05, 0.1) is 23.5 Å². The highest BCUT2D eigenvalue weighted by atomic mass is 31.2. The van der Waals surface area contributed by atoms with Gasteiger partial charge in [0.1, 0.15) is 24.4 Å². The second kappa shape index (κ2) is 7.26. The fraction of sp³-hybridized carbons (Fsp3) is 1.00. The zero-order chi connectivity index (χ0) is 20.0. The molecule has 1 aliphatic carbocycles. The predicted molar refractivity (Wildman–Crippen MR) is 54.4 cm³/mol. The first-order valence-corrected chi connectivity index (χ1v) is 10.1. The molecule has 25 heavy (non-hydrogen) atoms. The molecule has 0 heterocycles. The highest BCUT2D eigenvalue weighted by Crippen LogP contribution is 2.48. The quantitative estimate of drug-likeness (QED) is 0.369. The molecule has 0 amide bonds. The van der Waals surface area contributed by atoms with Gasteiger partial charge in [-0.05, 0) is 0 Å². The second-order valence-corrected chi connectivity index (χ2v) is 7.93. The summed E-state index contributed by atoms with van der Waals surface area (Å²) in [5, 5.41) is 18.9. The van der Waals surface area contributed by atoms with E-state index in [2.05, 4.69) is 13.6 Å². The minimum absolute atomic E-state index is 3.02. The van der Waals surface area contributed by atoms with Gasteiger partial charge in [-0.1, -0.05) is 0 Å². The molecule has 0 aromatic heterocycles. The molecule has 5 atom stereocenters. The van der Waals surface area contributed by atoms with Gasteiger partial charge in [-0.15, -0.1) is 0 Å². The van der Waals surface area contributed by atoms with E-state index >= 15 is 0 Å². The van der Waals surface area contributed by atoms with Crippen molar-refractivity contribution in [1.29, 1.82) is 0 Å². The molecule has 0 bridgehead atoms. The van der Waals surface area contributed by atoms with E-state index in [1.165, 1.54) is 0 Å². The Labute approximate surface area is 136 Å². The van der Waals surface area contributed by atoms with Crippen molar-refractivity contribution < 1.29 is 75.6 Å². The lowest BCUT2D eigenvalue weighted by Crippen LogP contribution is -2.69. The topological polar surface area (TPSA) is 258 Å². The van der Waals surface area contributed by atoms with Crippen molar-refractivity contribution in [1.82, 2.24) is 0 Å². The summed E-state index contributed by atoms with van der Waals surface area (Å²) in [5.41, 5.74) is 0. The highest BCUT2D eigenvalue weighted by molar-refractivity contribution is 7.43. The molecule has 1 aliphatic rings. The first-order valence-electron chi connectivity index (χ1n) is 5.70. The van der Waals surface area contributed by atoms with Crippen LogP contribution in [0.1, 0.15) is 0 Å². The van der Waals surface area contributed by atoms with Crippen molar-refractivity contribution in [3.63, 3.8) is 0 Å². The molecule has 1 fully saturated rings. The van der Waals surface area contributed by atoms with Gasteiger partial charge in [-0.3, -0.25) is 0 Å². The molecule has 19 heteroatoms. The van der Waals surface area contributed by atoms with Crippen LogP contribution in [0.4, 0.5) is 8.78 Å². The van der Waals surface area contributed by atoms with Crippen LogP contribution in [-0.2, 0) is 27.3 Å². The molecule has 0 aromatic rings. The number of phosphoric ester groups is 3. The maximum atomic E-state index is 13.9. The maximum absolute atomic E-state index is 13.9. The second-order valence-electron chi connectivity index (χ2n) is 4.62. The average molecular weight is 434 g/mol. The minimum atomic E-state index is -6.27. The van der Waals surface area contributed by atoms with Crippen molar-refractivity contribution in [3.8, 4) is 0 Å². The summed E-state index contributed by atoms with van der Waals surface area (Å²) >= 11 is 0. The number of hydrogen-bond donors (Lipinski definition) is 2. The number of hydrogen-bond acceptors (Lipinski definition) is 14. The monoisotopic (exact) mass is 434 g/mol. The molecule has 0 aromatic carbocycles. The lowest BCUT2D eigenvalue weighted by molar-refractivity contribution is -0.381. The van der Waals surface area contributed by atoms with Crippen LogP contribution in [0.3, 0.4) is 0 Å². The fourth-order valence-corrected chi connectivity index (χ4v) is 3.59. The third-order valence-electron chi connectivity index (χ3n) is 2.80. The summed E-state index contributed by atoms with van der Waals surface area (Å²) < 4.78 is 69.7. The Morgan fingerprint density at radius 1 is 0.760 bits per heavy atom. The van der Waals surface area contributed by atoms with Gasteiger partial charge in [-0.25, -0.2) is 8.78 Å². The molecule has 150 valence electrons. The van der Waals surface area contributed by atoms with Crippen molar-refractivity contribution >= 4 is 23.5 Å². The van der Waals surface area contributed by atoms with Crippen LogP contribution in [-0.4, -0.2) is 46.7 Å². The zero-order valence-corrected chi connectivity index (χ0v) is 14.0. The zero-order valence-electron chi connectivity index (χ0n) is 11.3. The summed E-state index contributed by atoms with van der Waals surface area (Å²) in [7, 11) is -18.7. The van der Waals surface area contributed by atoms with Crippen LogP contribution in [0, 0.1) is 0 Å². The average Bonchev–Trinajstić information content (AvgIpc) is 2.33. The SMILES string of the molecule is O=P([O-])([O-])OC1C(O)C(OP(=O)([O-])[O-])C(F)(F)C(O)C1OP(=O)([O-])[O-]. The van der Waals surface area contributed by atoms with Crippen LogP contribution < -0.4 is 29.4 Å². The Balaban J connectivity index is 3.37. The summed E-state index contributed by atoms with van der Waals surface area (Å²) in [6.07, 6.45) is -16.4. The van der Waals surface area contributed by atoms with Gasteiger partial charge in [-0.2, -0.15) is 0 Å². The Morgan fingerprint density at radius 3 is 1.48 bits per heavy atom. The molecule has 14 nitrogen and oxygen atoms in total. The first kappa shape index (κ1) is 23.1. The summed E-state index contributed by atoms with van der Waals surface area (Å²) in [6.45, 7) is 0. The molecule has 0 radical (unpaired) electrons. The van der Waals surface area contributed by atoms with Crippen LogP contribution in [0.15, 0.2) is 0 Å². The Bertz CT molecular complexity index is 622. The molecule has 1 saturated carbocycles. The van der Waals surface area contributed by atoms with Crippen molar-refractivity contribution in [2.24, 2.45) is 0 Å². The van der Waals surface area contributed by atoms with E-state index in [0.717, 1.165) is 0 Å². The predicted octanol–water partition coefficient (Wildman–Crippen LogP) is -6.00. The number of aliphatic hydroxyl groups excluding tert-OH is 2. The summed E-state index contributed by atoms with van der Waals surface area (Å²) in [4.78, 5) is 63.2.